The molecule has 70 valence electrons. The predicted molar refractivity (Wildman–Crippen MR) is 36.9 cm³/mol. The van der Waals surface area contributed by atoms with Crippen LogP contribution in [0.4, 0.5) is 13.2 Å². The molecule has 0 aromatic heterocycles. The van der Waals surface area contributed by atoms with Gasteiger partial charge in [-0.15, -0.1) is 0 Å². The lowest BCUT2D eigenvalue weighted by Crippen LogP contribution is -2.11. The number of carbonyl (C=O) groups is 1. The van der Waals surface area contributed by atoms with Crippen molar-refractivity contribution in [2.24, 2.45) is 0 Å². The van der Waals surface area contributed by atoms with Crippen LogP contribution in [0.1, 0.15) is 13.3 Å². The number of hydrogen-bond acceptors (Lipinski definition) is 1. The summed E-state index contributed by atoms with van der Waals surface area (Å²) in [5.74, 6) is -1.23. The van der Waals surface area contributed by atoms with Crippen LogP contribution in [0.5, 0.6) is 0 Å². The quantitative estimate of drug-likeness (QED) is 0.675. The highest BCUT2D eigenvalue weighted by molar-refractivity contribution is 5.85. The van der Waals surface area contributed by atoms with E-state index in [1.54, 1.807) is 0 Å². The summed E-state index contributed by atoms with van der Waals surface area (Å²) in [7, 11) is 0. The first-order valence-corrected chi connectivity index (χ1v) is 3.27. The Morgan fingerprint density at radius 2 is 2.00 bits per heavy atom. The zero-order chi connectivity index (χ0) is 9.72. The van der Waals surface area contributed by atoms with Gasteiger partial charge in [-0.05, 0) is 6.92 Å². The van der Waals surface area contributed by atoms with E-state index in [1.807, 2.05) is 0 Å². The SMILES string of the molecule is CC(=CCC(F)C(F)F)C(=O)O. The molecule has 12 heavy (non-hydrogen) atoms. The number of aliphatic carboxylic acids is 1. The Morgan fingerprint density at radius 3 is 2.33 bits per heavy atom. The van der Waals surface area contributed by atoms with Crippen molar-refractivity contribution in [1.29, 1.82) is 0 Å². The maximum Gasteiger partial charge on any atom is 0.330 e. The van der Waals surface area contributed by atoms with Crippen LogP contribution in [-0.4, -0.2) is 23.7 Å². The lowest BCUT2D eigenvalue weighted by molar-refractivity contribution is -0.132. The molecule has 0 aliphatic rings. The second-order valence-corrected chi connectivity index (χ2v) is 2.28. The number of alkyl halides is 3. The topological polar surface area (TPSA) is 37.3 Å². The Bertz CT molecular complexity index is 189. The minimum Gasteiger partial charge on any atom is -0.478 e. The van der Waals surface area contributed by atoms with Crippen molar-refractivity contribution in [2.45, 2.75) is 25.9 Å². The molecule has 5 heteroatoms. The first-order valence-electron chi connectivity index (χ1n) is 3.27. The molecule has 0 heterocycles. The first-order chi connectivity index (χ1) is 5.45. The Labute approximate surface area is 67.7 Å². The van der Waals surface area contributed by atoms with Gasteiger partial charge in [0, 0.05) is 12.0 Å². The summed E-state index contributed by atoms with van der Waals surface area (Å²) in [5, 5.41) is 8.26. The summed E-state index contributed by atoms with van der Waals surface area (Å²) in [6.45, 7) is 1.22. The van der Waals surface area contributed by atoms with Gasteiger partial charge >= 0.3 is 5.97 Å². The second-order valence-electron chi connectivity index (χ2n) is 2.28. The van der Waals surface area contributed by atoms with Crippen molar-refractivity contribution in [3.8, 4) is 0 Å². The van der Waals surface area contributed by atoms with Gasteiger partial charge in [0.2, 0.25) is 0 Å². The minimum atomic E-state index is -3.05. The molecule has 0 saturated carbocycles. The summed E-state index contributed by atoms with van der Waals surface area (Å²) in [5.41, 5.74) is -0.127. The molecule has 0 aliphatic heterocycles. The van der Waals surface area contributed by atoms with Crippen molar-refractivity contribution in [1.82, 2.24) is 0 Å². The highest BCUT2D eigenvalue weighted by Gasteiger charge is 2.17. The fourth-order valence-corrected chi connectivity index (χ4v) is 0.480. The average molecular weight is 182 g/mol. The number of hydrogen-bond donors (Lipinski definition) is 1. The largest absolute Gasteiger partial charge is 0.478 e. The van der Waals surface area contributed by atoms with E-state index in [2.05, 4.69) is 0 Å². The molecule has 1 unspecified atom stereocenters. The fraction of sp³-hybridized carbons (Fsp3) is 0.571. The van der Waals surface area contributed by atoms with E-state index < -0.39 is 25.0 Å². The van der Waals surface area contributed by atoms with Crippen molar-refractivity contribution < 1.29 is 23.1 Å². The Balaban J connectivity index is 3.96. The molecule has 0 aliphatic carbocycles. The maximum absolute atomic E-state index is 12.2. The molecule has 0 spiro atoms. The summed E-state index contributed by atoms with van der Waals surface area (Å²) < 4.78 is 35.2. The third-order valence-electron chi connectivity index (χ3n) is 1.26. The van der Waals surface area contributed by atoms with Crippen LogP contribution >= 0.6 is 0 Å². The van der Waals surface area contributed by atoms with Crippen LogP contribution in [-0.2, 0) is 4.79 Å². The predicted octanol–water partition coefficient (Wildman–Crippen LogP) is 2.01. The van der Waals surface area contributed by atoms with E-state index in [9.17, 15) is 18.0 Å². The summed E-state index contributed by atoms with van der Waals surface area (Å²) in [4.78, 5) is 10.1. The van der Waals surface area contributed by atoms with Gasteiger partial charge in [0.15, 0.2) is 6.17 Å². The van der Waals surface area contributed by atoms with Gasteiger partial charge in [0.25, 0.3) is 6.43 Å². The number of rotatable bonds is 4. The van der Waals surface area contributed by atoms with Crippen molar-refractivity contribution >= 4 is 5.97 Å². The molecule has 0 bridgehead atoms. The lowest BCUT2D eigenvalue weighted by atomic mass is 10.2. The molecule has 0 rings (SSSR count). The van der Waals surface area contributed by atoms with Gasteiger partial charge in [0.1, 0.15) is 0 Å². The van der Waals surface area contributed by atoms with Crippen LogP contribution in [0, 0.1) is 0 Å². The van der Waals surface area contributed by atoms with Crippen molar-refractivity contribution in [3.63, 3.8) is 0 Å². The molecule has 0 fully saturated rings. The molecule has 0 aromatic carbocycles. The zero-order valence-electron chi connectivity index (χ0n) is 6.43. The zero-order valence-corrected chi connectivity index (χ0v) is 6.43. The van der Waals surface area contributed by atoms with Crippen LogP contribution in [0.2, 0.25) is 0 Å². The summed E-state index contributed by atoms with van der Waals surface area (Å²) >= 11 is 0. The van der Waals surface area contributed by atoms with Crippen LogP contribution < -0.4 is 0 Å². The standard InChI is InChI=1S/C7H9F3O2/c1-4(7(11)12)2-3-5(8)6(9)10/h2,5-6H,3H2,1H3,(H,11,12). The Hall–Kier alpha value is -1.00. The molecule has 0 saturated heterocycles. The molecule has 1 atom stereocenters. The van der Waals surface area contributed by atoms with Gasteiger partial charge in [-0.1, -0.05) is 6.08 Å². The monoisotopic (exact) mass is 182 g/mol. The van der Waals surface area contributed by atoms with Crippen LogP contribution in [0.3, 0.4) is 0 Å². The van der Waals surface area contributed by atoms with E-state index in [0.717, 1.165) is 6.08 Å². The average Bonchev–Trinajstić information content (AvgIpc) is 1.98. The molecule has 0 radical (unpaired) electrons. The molecule has 0 aromatic rings. The van der Waals surface area contributed by atoms with Gasteiger partial charge in [-0.2, -0.15) is 0 Å². The molecule has 1 N–H and O–H groups in total. The summed E-state index contributed by atoms with van der Waals surface area (Å²) in [6, 6.07) is 0. The highest BCUT2D eigenvalue weighted by Crippen LogP contribution is 2.11. The maximum atomic E-state index is 12.2. The highest BCUT2D eigenvalue weighted by atomic mass is 19.3. The molecule has 2 nitrogen and oxygen atoms in total. The first kappa shape index (κ1) is 11.0. The second kappa shape index (κ2) is 4.79. The van der Waals surface area contributed by atoms with Gasteiger partial charge in [-0.3, -0.25) is 0 Å². The van der Waals surface area contributed by atoms with Gasteiger partial charge in [-0.25, -0.2) is 18.0 Å². The van der Waals surface area contributed by atoms with Crippen LogP contribution in [0.25, 0.3) is 0 Å². The third kappa shape index (κ3) is 4.00. The number of carboxylic acid groups (broad SMARTS) is 1. The Kier molecular flexibility index (Phi) is 4.39. The van der Waals surface area contributed by atoms with Gasteiger partial charge in [0.05, 0.1) is 0 Å². The van der Waals surface area contributed by atoms with E-state index in [4.69, 9.17) is 5.11 Å². The number of allylic oxidation sites excluding steroid dienone is 1. The fourth-order valence-electron chi connectivity index (χ4n) is 0.480. The number of carboxylic acids is 1. The molecule has 0 amide bonds. The number of halogens is 3. The summed E-state index contributed by atoms with van der Waals surface area (Å²) in [6.07, 6.45) is -4.95. The van der Waals surface area contributed by atoms with E-state index >= 15 is 0 Å². The third-order valence-corrected chi connectivity index (χ3v) is 1.26. The van der Waals surface area contributed by atoms with Crippen molar-refractivity contribution in [2.75, 3.05) is 0 Å². The molecular weight excluding hydrogens is 173 g/mol. The molecular formula is C7H9F3O2. The van der Waals surface area contributed by atoms with E-state index in [0.29, 0.717) is 0 Å². The van der Waals surface area contributed by atoms with E-state index in [1.165, 1.54) is 6.92 Å². The lowest BCUT2D eigenvalue weighted by Gasteiger charge is -2.02. The van der Waals surface area contributed by atoms with E-state index in [-0.39, 0.29) is 5.57 Å². The smallest absolute Gasteiger partial charge is 0.330 e. The van der Waals surface area contributed by atoms with Crippen LogP contribution in [0.15, 0.2) is 11.6 Å². The normalized spacial score (nSPS) is 14.9. The van der Waals surface area contributed by atoms with Gasteiger partial charge < -0.3 is 5.11 Å². The van der Waals surface area contributed by atoms with Crippen molar-refractivity contribution in [3.05, 3.63) is 11.6 Å². The Morgan fingerprint density at radius 1 is 1.50 bits per heavy atom. The minimum absolute atomic E-state index is 0.127.